The van der Waals surface area contributed by atoms with Crippen LogP contribution in [0.1, 0.15) is 23.2 Å². The number of nitrogens with zero attached hydrogens (tertiary/aromatic N) is 1. The van der Waals surface area contributed by atoms with Crippen molar-refractivity contribution in [2.24, 2.45) is 17.6 Å². The number of hydrogen-bond acceptors (Lipinski definition) is 2. The number of carbonyl (C=O) groups excluding carboxylic acids is 1. The van der Waals surface area contributed by atoms with Gasteiger partial charge in [0, 0.05) is 29.7 Å². The normalized spacial score (nSPS) is 30.6. The molecule has 3 nitrogen and oxygen atoms in total. The Morgan fingerprint density at radius 1 is 1.33 bits per heavy atom. The fourth-order valence-corrected chi connectivity index (χ4v) is 3.47. The van der Waals surface area contributed by atoms with Gasteiger partial charge in [-0.15, -0.1) is 0 Å². The highest BCUT2D eigenvalue weighted by Crippen LogP contribution is 2.37. The number of nitrogens with two attached hydrogens (primary N) is 1. The van der Waals surface area contributed by atoms with Gasteiger partial charge in [-0.3, -0.25) is 4.79 Å². The topological polar surface area (TPSA) is 46.3 Å². The molecule has 3 rings (SSSR count). The highest BCUT2D eigenvalue weighted by Gasteiger charge is 2.42. The molecule has 2 fully saturated rings. The van der Waals surface area contributed by atoms with Gasteiger partial charge in [0.2, 0.25) is 0 Å². The number of hydrogen-bond donors (Lipinski definition) is 1. The number of likely N-dealkylation sites (tertiary alicyclic amines) is 1. The predicted octanol–water partition coefficient (Wildman–Crippen LogP) is 2.15. The van der Waals surface area contributed by atoms with E-state index in [2.05, 4.69) is 0 Å². The minimum atomic E-state index is 0.0825. The van der Waals surface area contributed by atoms with Gasteiger partial charge in [0.15, 0.2) is 0 Å². The van der Waals surface area contributed by atoms with Crippen LogP contribution in [-0.2, 0) is 0 Å². The van der Waals surface area contributed by atoms with Gasteiger partial charge in [0.1, 0.15) is 0 Å². The summed E-state index contributed by atoms with van der Waals surface area (Å²) >= 11 is 5.92. The second-order valence-electron chi connectivity index (χ2n) is 5.39. The van der Waals surface area contributed by atoms with Crippen molar-refractivity contribution >= 4 is 17.5 Å². The Hall–Kier alpha value is -1.06. The molecule has 2 N–H and O–H groups in total. The van der Waals surface area contributed by atoms with Gasteiger partial charge in [0.25, 0.3) is 5.91 Å². The first kappa shape index (κ1) is 12.0. The third-order valence-corrected chi connectivity index (χ3v) is 4.51. The van der Waals surface area contributed by atoms with E-state index in [4.69, 9.17) is 17.3 Å². The molecule has 0 aromatic heterocycles. The smallest absolute Gasteiger partial charge is 0.253 e. The van der Waals surface area contributed by atoms with E-state index in [1.807, 2.05) is 17.0 Å². The molecule has 4 heteroatoms. The van der Waals surface area contributed by atoms with E-state index in [0.717, 1.165) is 25.9 Å². The highest BCUT2D eigenvalue weighted by atomic mass is 35.5. The molecule has 1 saturated heterocycles. The van der Waals surface area contributed by atoms with Gasteiger partial charge in [-0.1, -0.05) is 17.7 Å². The van der Waals surface area contributed by atoms with Crippen molar-refractivity contribution in [3.8, 4) is 0 Å². The van der Waals surface area contributed by atoms with Crippen LogP contribution in [0.4, 0.5) is 0 Å². The first-order chi connectivity index (χ1) is 8.65. The van der Waals surface area contributed by atoms with Crippen LogP contribution >= 0.6 is 11.6 Å². The van der Waals surface area contributed by atoms with Crippen LogP contribution in [0, 0.1) is 11.8 Å². The second kappa shape index (κ2) is 4.56. The molecular weight excluding hydrogens is 248 g/mol. The summed E-state index contributed by atoms with van der Waals surface area (Å²) in [6, 6.07) is 7.43. The van der Waals surface area contributed by atoms with E-state index in [0.29, 0.717) is 22.4 Å². The summed E-state index contributed by atoms with van der Waals surface area (Å²) in [4.78, 5) is 14.3. The first-order valence-electron chi connectivity index (χ1n) is 6.45. The monoisotopic (exact) mass is 264 g/mol. The minimum absolute atomic E-state index is 0.0825. The van der Waals surface area contributed by atoms with Crippen LogP contribution < -0.4 is 5.73 Å². The van der Waals surface area contributed by atoms with Crippen molar-refractivity contribution in [2.45, 2.75) is 18.9 Å². The molecule has 96 valence electrons. The molecule has 1 aliphatic heterocycles. The molecule has 1 aromatic carbocycles. The van der Waals surface area contributed by atoms with Gasteiger partial charge in [0.05, 0.1) is 0 Å². The van der Waals surface area contributed by atoms with Crippen molar-refractivity contribution in [1.29, 1.82) is 0 Å². The SMILES string of the molecule is N[C@@H]1CC[C@H]2CN(C(=O)c3cccc(Cl)c3)C[C@H]21. The molecule has 1 heterocycles. The van der Waals surface area contributed by atoms with Gasteiger partial charge in [-0.05, 0) is 42.9 Å². The zero-order chi connectivity index (χ0) is 12.7. The molecule has 0 radical (unpaired) electrons. The summed E-state index contributed by atoms with van der Waals surface area (Å²) in [5.41, 5.74) is 6.76. The molecular formula is C14H17ClN2O. The highest BCUT2D eigenvalue weighted by molar-refractivity contribution is 6.30. The fourth-order valence-electron chi connectivity index (χ4n) is 3.28. The lowest BCUT2D eigenvalue weighted by Crippen LogP contribution is -2.33. The second-order valence-corrected chi connectivity index (χ2v) is 5.82. The number of benzene rings is 1. The van der Waals surface area contributed by atoms with Crippen LogP contribution in [0.3, 0.4) is 0 Å². The molecule has 0 bridgehead atoms. The maximum absolute atomic E-state index is 12.4. The van der Waals surface area contributed by atoms with E-state index >= 15 is 0 Å². The molecule has 1 amide bonds. The molecule has 1 aliphatic carbocycles. The summed E-state index contributed by atoms with van der Waals surface area (Å²) < 4.78 is 0. The van der Waals surface area contributed by atoms with E-state index in [-0.39, 0.29) is 11.9 Å². The van der Waals surface area contributed by atoms with E-state index in [1.54, 1.807) is 12.1 Å². The van der Waals surface area contributed by atoms with Crippen molar-refractivity contribution < 1.29 is 4.79 Å². The summed E-state index contributed by atoms with van der Waals surface area (Å²) in [5.74, 6) is 1.18. The standard InChI is InChI=1S/C14H17ClN2O/c15-11-3-1-2-9(6-11)14(18)17-7-10-4-5-13(16)12(10)8-17/h1-3,6,10,12-13H,4-5,7-8,16H2/t10-,12+,13+/m0/s1. The Kier molecular flexibility index (Phi) is 3.04. The lowest BCUT2D eigenvalue weighted by Gasteiger charge is -2.18. The van der Waals surface area contributed by atoms with Crippen LogP contribution in [0.15, 0.2) is 24.3 Å². The van der Waals surface area contributed by atoms with Gasteiger partial charge in [-0.2, -0.15) is 0 Å². The summed E-state index contributed by atoms with van der Waals surface area (Å²) in [6.07, 6.45) is 2.26. The van der Waals surface area contributed by atoms with E-state index in [9.17, 15) is 4.79 Å². The summed E-state index contributed by atoms with van der Waals surface area (Å²) in [6.45, 7) is 1.65. The molecule has 3 atom stereocenters. The Bertz CT molecular complexity index is 477. The zero-order valence-electron chi connectivity index (χ0n) is 10.2. The number of halogens is 1. The van der Waals surface area contributed by atoms with E-state index < -0.39 is 0 Å². The third kappa shape index (κ3) is 2.02. The summed E-state index contributed by atoms with van der Waals surface area (Å²) in [7, 11) is 0. The number of fused-ring (bicyclic) bond motifs is 1. The average molecular weight is 265 g/mol. The Morgan fingerprint density at radius 3 is 2.89 bits per heavy atom. The predicted molar refractivity (Wildman–Crippen MR) is 71.5 cm³/mol. The molecule has 0 spiro atoms. The lowest BCUT2D eigenvalue weighted by atomic mass is 9.98. The van der Waals surface area contributed by atoms with Gasteiger partial charge in [-0.25, -0.2) is 0 Å². The molecule has 18 heavy (non-hydrogen) atoms. The largest absolute Gasteiger partial charge is 0.338 e. The summed E-state index contributed by atoms with van der Waals surface area (Å²) in [5, 5.41) is 0.608. The minimum Gasteiger partial charge on any atom is -0.338 e. The first-order valence-corrected chi connectivity index (χ1v) is 6.83. The van der Waals surface area contributed by atoms with Crippen molar-refractivity contribution in [1.82, 2.24) is 4.90 Å². The van der Waals surface area contributed by atoms with Gasteiger partial charge < -0.3 is 10.6 Å². The molecule has 1 aromatic rings. The Morgan fingerprint density at radius 2 is 2.17 bits per heavy atom. The number of amides is 1. The molecule has 0 unspecified atom stereocenters. The Labute approximate surface area is 112 Å². The van der Waals surface area contributed by atoms with Gasteiger partial charge >= 0.3 is 0 Å². The van der Waals surface area contributed by atoms with Crippen molar-refractivity contribution in [3.63, 3.8) is 0 Å². The third-order valence-electron chi connectivity index (χ3n) is 4.27. The van der Waals surface area contributed by atoms with Crippen molar-refractivity contribution in [3.05, 3.63) is 34.9 Å². The maximum atomic E-state index is 12.4. The number of rotatable bonds is 1. The van der Waals surface area contributed by atoms with E-state index in [1.165, 1.54) is 0 Å². The number of carbonyl (C=O) groups is 1. The zero-order valence-corrected chi connectivity index (χ0v) is 10.9. The maximum Gasteiger partial charge on any atom is 0.253 e. The Balaban J connectivity index is 1.75. The molecule has 1 saturated carbocycles. The van der Waals surface area contributed by atoms with Crippen molar-refractivity contribution in [2.75, 3.05) is 13.1 Å². The van der Waals surface area contributed by atoms with Crippen LogP contribution in [0.5, 0.6) is 0 Å². The quantitative estimate of drug-likeness (QED) is 0.845. The lowest BCUT2D eigenvalue weighted by molar-refractivity contribution is 0.0779. The van der Waals surface area contributed by atoms with Crippen LogP contribution in [0.25, 0.3) is 0 Å². The fraction of sp³-hybridized carbons (Fsp3) is 0.500. The van der Waals surface area contributed by atoms with Crippen LogP contribution in [-0.4, -0.2) is 29.9 Å². The molecule has 2 aliphatic rings. The van der Waals surface area contributed by atoms with Crippen LogP contribution in [0.2, 0.25) is 5.02 Å². The average Bonchev–Trinajstić information content (AvgIpc) is 2.91.